The van der Waals surface area contributed by atoms with Gasteiger partial charge in [-0.25, -0.2) is 9.97 Å². The van der Waals surface area contributed by atoms with Crippen molar-refractivity contribution in [2.45, 2.75) is 19.4 Å². The number of amides is 1. The van der Waals surface area contributed by atoms with Gasteiger partial charge in [-0.15, -0.1) is 0 Å². The lowest BCUT2D eigenvalue weighted by molar-refractivity contribution is -0.121. The van der Waals surface area contributed by atoms with Crippen LogP contribution in [0.4, 0.5) is 5.82 Å². The molecule has 1 heterocycles. The van der Waals surface area contributed by atoms with Crippen molar-refractivity contribution in [2.75, 3.05) is 5.32 Å². The van der Waals surface area contributed by atoms with E-state index >= 15 is 0 Å². The fourth-order valence-corrected chi connectivity index (χ4v) is 1.20. The van der Waals surface area contributed by atoms with Crippen LogP contribution in [0.5, 0.6) is 0 Å². The van der Waals surface area contributed by atoms with Crippen molar-refractivity contribution >= 4 is 34.3 Å². The van der Waals surface area contributed by atoms with Crippen molar-refractivity contribution in [2.24, 2.45) is 5.73 Å². The zero-order valence-electron chi connectivity index (χ0n) is 7.91. The molecule has 0 aromatic carbocycles. The summed E-state index contributed by atoms with van der Waals surface area (Å²) < 4.78 is 0.847. The molecule has 0 aliphatic carbocycles. The Morgan fingerprint density at radius 2 is 2.29 bits per heavy atom. The van der Waals surface area contributed by atoms with Gasteiger partial charge in [0, 0.05) is 6.20 Å². The molecular weight excluding hydrogens is 295 g/mol. The van der Waals surface area contributed by atoms with Crippen LogP contribution in [0.3, 0.4) is 0 Å². The summed E-state index contributed by atoms with van der Waals surface area (Å²) in [4.78, 5) is 18.9. The summed E-state index contributed by atoms with van der Waals surface area (Å²) in [6.45, 7) is 3.40. The van der Waals surface area contributed by atoms with E-state index in [9.17, 15) is 4.79 Å². The number of nitrogens with two attached hydrogens (primary N) is 1. The van der Waals surface area contributed by atoms with Crippen molar-refractivity contribution in [1.82, 2.24) is 9.97 Å². The van der Waals surface area contributed by atoms with Crippen LogP contribution in [-0.4, -0.2) is 21.4 Å². The molecule has 76 valence electrons. The summed E-state index contributed by atoms with van der Waals surface area (Å²) in [5.74, 6) is 0.191. The molecule has 0 atom stereocenters. The first kappa shape index (κ1) is 11.2. The molecule has 1 rings (SSSR count). The van der Waals surface area contributed by atoms with Gasteiger partial charge in [0.2, 0.25) is 5.91 Å². The lowest BCUT2D eigenvalue weighted by Gasteiger charge is -2.23. The molecule has 0 saturated heterocycles. The lowest BCUT2D eigenvalue weighted by Crippen LogP contribution is -2.45. The average molecular weight is 306 g/mol. The van der Waals surface area contributed by atoms with Crippen LogP contribution in [-0.2, 0) is 4.79 Å². The van der Waals surface area contributed by atoms with Gasteiger partial charge in [-0.2, -0.15) is 0 Å². The number of carbonyl (C=O) groups is 1. The fraction of sp³-hybridized carbons (Fsp3) is 0.375. The maximum Gasteiger partial charge on any atom is 0.242 e. The van der Waals surface area contributed by atoms with E-state index < -0.39 is 11.4 Å². The second-order valence-electron chi connectivity index (χ2n) is 3.33. The molecule has 0 unspecified atom stereocenters. The second-order valence-corrected chi connectivity index (χ2v) is 4.50. The van der Waals surface area contributed by atoms with E-state index in [1.165, 1.54) is 6.33 Å². The average Bonchev–Trinajstić information content (AvgIpc) is 2.08. The molecule has 0 saturated carbocycles. The van der Waals surface area contributed by atoms with Crippen LogP contribution < -0.4 is 11.1 Å². The van der Waals surface area contributed by atoms with Gasteiger partial charge in [0.1, 0.15) is 17.7 Å². The third-order valence-electron chi connectivity index (χ3n) is 1.71. The summed E-state index contributed by atoms with van der Waals surface area (Å²) >= 11 is 2.08. The first-order valence-electron chi connectivity index (χ1n) is 3.97. The van der Waals surface area contributed by atoms with E-state index in [1.54, 1.807) is 20.0 Å². The monoisotopic (exact) mass is 306 g/mol. The SMILES string of the molecule is CC(C)(Nc1ncncc1I)C(N)=O. The maximum absolute atomic E-state index is 11.1. The number of hydrogen-bond acceptors (Lipinski definition) is 4. The summed E-state index contributed by atoms with van der Waals surface area (Å²) in [7, 11) is 0. The molecule has 5 nitrogen and oxygen atoms in total. The molecule has 0 aliphatic heterocycles. The Hall–Kier alpha value is -0.920. The Labute approximate surface area is 95.6 Å². The molecule has 1 amide bonds. The van der Waals surface area contributed by atoms with Crippen LogP contribution >= 0.6 is 22.6 Å². The van der Waals surface area contributed by atoms with Crippen molar-refractivity contribution < 1.29 is 4.79 Å². The number of primary amides is 1. The van der Waals surface area contributed by atoms with Crippen molar-refractivity contribution in [3.63, 3.8) is 0 Å². The molecule has 0 bridgehead atoms. The van der Waals surface area contributed by atoms with E-state index in [2.05, 4.69) is 37.9 Å². The third kappa shape index (κ3) is 2.53. The lowest BCUT2D eigenvalue weighted by atomic mass is 10.1. The smallest absolute Gasteiger partial charge is 0.242 e. The molecule has 1 aromatic rings. The summed E-state index contributed by atoms with van der Waals surface area (Å²) in [5, 5.41) is 2.95. The second kappa shape index (κ2) is 4.07. The quantitative estimate of drug-likeness (QED) is 0.808. The van der Waals surface area contributed by atoms with Crippen molar-refractivity contribution in [3.8, 4) is 0 Å². The first-order valence-corrected chi connectivity index (χ1v) is 5.05. The molecular formula is C8H11IN4O. The van der Waals surface area contributed by atoms with Crippen LogP contribution in [0.1, 0.15) is 13.8 Å². The summed E-state index contributed by atoms with van der Waals surface area (Å²) in [6, 6.07) is 0. The Bertz CT molecular complexity index is 353. The molecule has 6 heteroatoms. The summed E-state index contributed by atoms with van der Waals surface area (Å²) in [6.07, 6.45) is 3.08. The number of nitrogens with zero attached hydrogens (tertiary/aromatic N) is 2. The largest absolute Gasteiger partial charge is 0.368 e. The highest BCUT2D eigenvalue weighted by Gasteiger charge is 2.25. The highest BCUT2D eigenvalue weighted by atomic mass is 127. The van der Waals surface area contributed by atoms with E-state index in [0.717, 1.165) is 3.57 Å². The number of aromatic nitrogens is 2. The van der Waals surface area contributed by atoms with Crippen LogP contribution in [0.2, 0.25) is 0 Å². The molecule has 3 N–H and O–H groups in total. The minimum absolute atomic E-state index is 0.424. The zero-order chi connectivity index (χ0) is 10.8. The van der Waals surface area contributed by atoms with Gasteiger partial charge in [-0.3, -0.25) is 4.79 Å². The van der Waals surface area contributed by atoms with Gasteiger partial charge in [-0.1, -0.05) is 0 Å². The molecule has 0 radical (unpaired) electrons. The van der Waals surface area contributed by atoms with Gasteiger partial charge in [0.15, 0.2) is 0 Å². The number of halogens is 1. The Morgan fingerprint density at radius 1 is 1.64 bits per heavy atom. The molecule has 0 fully saturated rings. The van der Waals surface area contributed by atoms with Gasteiger partial charge < -0.3 is 11.1 Å². The van der Waals surface area contributed by atoms with Crippen molar-refractivity contribution in [1.29, 1.82) is 0 Å². The number of hydrogen-bond donors (Lipinski definition) is 2. The van der Waals surface area contributed by atoms with Gasteiger partial charge >= 0.3 is 0 Å². The maximum atomic E-state index is 11.1. The molecule has 0 spiro atoms. The topological polar surface area (TPSA) is 80.9 Å². The van der Waals surface area contributed by atoms with Gasteiger partial charge in [0.25, 0.3) is 0 Å². The van der Waals surface area contributed by atoms with Gasteiger partial charge in [-0.05, 0) is 36.4 Å². The third-order valence-corrected chi connectivity index (χ3v) is 2.50. The number of nitrogens with one attached hydrogen (secondary N) is 1. The van der Waals surface area contributed by atoms with Crippen LogP contribution in [0.25, 0.3) is 0 Å². The molecule has 0 aliphatic rings. The Kier molecular flexibility index (Phi) is 3.25. The van der Waals surface area contributed by atoms with E-state index in [-0.39, 0.29) is 0 Å². The predicted octanol–water partition coefficient (Wildman–Crippen LogP) is 0.757. The number of anilines is 1. The van der Waals surface area contributed by atoms with Crippen LogP contribution in [0, 0.1) is 3.57 Å². The first-order chi connectivity index (χ1) is 6.43. The highest BCUT2D eigenvalue weighted by molar-refractivity contribution is 14.1. The molecule has 1 aromatic heterocycles. The number of carbonyl (C=O) groups excluding carboxylic acids is 1. The van der Waals surface area contributed by atoms with E-state index in [0.29, 0.717) is 5.82 Å². The highest BCUT2D eigenvalue weighted by Crippen LogP contribution is 2.17. The summed E-state index contributed by atoms with van der Waals surface area (Å²) in [5.41, 5.74) is 4.41. The van der Waals surface area contributed by atoms with Crippen molar-refractivity contribution in [3.05, 3.63) is 16.1 Å². The standard InChI is InChI=1S/C8H11IN4O/c1-8(2,7(10)14)13-6-5(9)3-11-4-12-6/h3-4H,1-2H3,(H2,10,14)(H,11,12,13). The Morgan fingerprint density at radius 3 is 2.79 bits per heavy atom. The Balaban J connectivity index is 2.89. The van der Waals surface area contributed by atoms with Gasteiger partial charge in [0.05, 0.1) is 3.57 Å². The predicted molar refractivity (Wildman–Crippen MR) is 61.6 cm³/mol. The van der Waals surface area contributed by atoms with E-state index in [1.807, 2.05) is 0 Å². The van der Waals surface area contributed by atoms with E-state index in [4.69, 9.17) is 5.73 Å². The zero-order valence-corrected chi connectivity index (χ0v) is 10.1. The normalized spacial score (nSPS) is 11.1. The number of rotatable bonds is 3. The van der Waals surface area contributed by atoms with Crippen LogP contribution in [0.15, 0.2) is 12.5 Å². The minimum atomic E-state index is -0.811. The fourth-order valence-electron chi connectivity index (χ4n) is 0.762. The molecule has 14 heavy (non-hydrogen) atoms. The minimum Gasteiger partial charge on any atom is -0.368 e.